The van der Waals surface area contributed by atoms with Gasteiger partial charge in [0.05, 0.1) is 22.1 Å². The predicted octanol–water partition coefficient (Wildman–Crippen LogP) is 11.3. The molecule has 0 saturated heterocycles. The summed E-state index contributed by atoms with van der Waals surface area (Å²) < 4.78 is 8.94. The van der Waals surface area contributed by atoms with E-state index in [1.165, 1.54) is 21.8 Å². The van der Waals surface area contributed by atoms with Crippen LogP contribution in [0.5, 0.6) is 0 Å². The van der Waals surface area contributed by atoms with E-state index in [4.69, 9.17) is 4.42 Å². The molecule has 9 rings (SSSR count). The van der Waals surface area contributed by atoms with Crippen molar-refractivity contribution in [1.29, 1.82) is 0 Å². The molecule has 0 N–H and O–H groups in total. The lowest BCUT2D eigenvalue weighted by Crippen LogP contribution is -2.10. The highest BCUT2D eigenvalue weighted by atomic mass is 16.3. The molecule has 9 aromatic rings. The number of hydrogen-bond acceptors (Lipinski definition) is 2. The number of anilines is 3. The second-order valence-corrected chi connectivity index (χ2v) is 11.0. The first kappa shape index (κ1) is 23.9. The number of nitrogens with zero attached hydrogens (tertiary/aromatic N) is 2. The van der Waals surface area contributed by atoms with Gasteiger partial charge in [-0.15, -0.1) is 0 Å². The zero-order valence-electron chi connectivity index (χ0n) is 23.3. The highest BCUT2D eigenvalue weighted by molar-refractivity contribution is 6.22. The minimum atomic E-state index is 0.893. The standard InChI is InChI=1S/C40H26N2O/c1-3-14-28(15-4-1)41(37-25-27-13-7-8-18-31(27)40-39(37)33-20-10-12-22-38(33)43-40)30-23-24-36-34(26-30)32-19-9-11-21-35(32)42(36)29-16-5-2-6-17-29/h1-26H. The number of fused-ring (bicyclic) bond motifs is 8. The first-order valence-corrected chi connectivity index (χ1v) is 14.6. The Labute approximate surface area is 248 Å². The molecule has 7 aromatic carbocycles. The molecule has 0 fully saturated rings. The Morgan fingerprint density at radius 1 is 0.465 bits per heavy atom. The van der Waals surface area contributed by atoms with Crippen molar-refractivity contribution in [1.82, 2.24) is 4.57 Å². The van der Waals surface area contributed by atoms with Gasteiger partial charge in [-0.25, -0.2) is 0 Å². The van der Waals surface area contributed by atoms with Crippen molar-refractivity contribution in [2.45, 2.75) is 0 Å². The first-order chi connectivity index (χ1) is 21.3. The molecule has 3 nitrogen and oxygen atoms in total. The molecule has 3 heteroatoms. The maximum Gasteiger partial charge on any atom is 0.145 e. The molecule has 0 radical (unpaired) electrons. The number of furan rings is 1. The molecule has 0 atom stereocenters. The second-order valence-electron chi connectivity index (χ2n) is 11.0. The lowest BCUT2D eigenvalue weighted by atomic mass is 10.0. The van der Waals surface area contributed by atoms with E-state index in [2.05, 4.69) is 161 Å². The van der Waals surface area contributed by atoms with Crippen LogP contribution in [0.25, 0.3) is 60.2 Å². The summed E-state index contributed by atoms with van der Waals surface area (Å²) in [7, 11) is 0. The number of aromatic nitrogens is 1. The van der Waals surface area contributed by atoms with Crippen molar-refractivity contribution in [3.8, 4) is 5.69 Å². The van der Waals surface area contributed by atoms with Crippen LogP contribution >= 0.6 is 0 Å². The summed E-state index contributed by atoms with van der Waals surface area (Å²) in [6.07, 6.45) is 0. The fourth-order valence-electron chi connectivity index (χ4n) is 6.67. The molecule has 0 bridgehead atoms. The van der Waals surface area contributed by atoms with Gasteiger partial charge in [0.2, 0.25) is 0 Å². The molecular weight excluding hydrogens is 524 g/mol. The largest absolute Gasteiger partial charge is 0.455 e. The lowest BCUT2D eigenvalue weighted by molar-refractivity contribution is 0.672. The maximum atomic E-state index is 6.58. The number of para-hydroxylation sites is 4. The van der Waals surface area contributed by atoms with Crippen molar-refractivity contribution < 1.29 is 4.42 Å². The highest BCUT2D eigenvalue weighted by Gasteiger charge is 2.22. The van der Waals surface area contributed by atoms with E-state index in [9.17, 15) is 0 Å². The topological polar surface area (TPSA) is 21.3 Å². The minimum Gasteiger partial charge on any atom is -0.455 e. The van der Waals surface area contributed by atoms with E-state index in [1.54, 1.807) is 0 Å². The van der Waals surface area contributed by atoms with E-state index in [0.717, 1.165) is 55.5 Å². The van der Waals surface area contributed by atoms with Crippen molar-refractivity contribution in [2.75, 3.05) is 4.90 Å². The van der Waals surface area contributed by atoms with Crippen LogP contribution in [-0.2, 0) is 0 Å². The molecule has 0 aliphatic carbocycles. The average Bonchev–Trinajstić information content (AvgIpc) is 3.62. The molecule has 0 aliphatic rings. The van der Waals surface area contributed by atoms with Gasteiger partial charge >= 0.3 is 0 Å². The summed E-state index contributed by atoms with van der Waals surface area (Å²) in [5.74, 6) is 0. The summed E-state index contributed by atoms with van der Waals surface area (Å²) in [5, 5.41) is 6.94. The third-order valence-electron chi connectivity index (χ3n) is 8.53. The third kappa shape index (κ3) is 3.62. The summed E-state index contributed by atoms with van der Waals surface area (Å²) >= 11 is 0. The Morgan fingerprint density at radius 3 is 1.95 bits per heavy atom. The van der Waals surface area contributed by atoms with Gasteiger partial charge in [0.15, 0.2) is 0 Å². The van der Waals surface area contributed by atoms with Gasteiger partial charge in [0.1, 0.15) is 11.2 Å². The van der Waals surface area contributed by atoms with Crippen LogP contribution in [0.1, 0.15) is 0 Å². The fraction of sp³-hybridized carbons (Fsp3) is 0. The fourth-order valence-corrected chi connectivity index (χ4v) is 6.67. The zero-order chi connectivity index (χ0) is 28.3. The Hall–Kier alpha value is -5.80. The SMILES string of the molecule is c1ccc(N(c2ccc3c(c2)c2ccccc2n3-c2ccccc2)c2cc3ccccc3c3oc4ccccc4c23)cc1. The smallest absolute Gasteiger partial charge is 0.145 e. The van der Waals surface area contributed by atoms with Gasteiger partial charge in [0.25, 0.3) is 0 Å². The van der Waals surface area contributed by atoms with E-state index < -0.39 is 0 Å². The Balaban J connectivity index is 1.38. The summed E-state index contributed by atoms with van der Waals surface area (Å²) in [6, 6.07) is 56.0. The molecule has 43 heavy (non-hydrogen) atoms. The van der Waals surface area contributed by atoms with Gasteiger partial charge in [-0.1, -0.05) is 97.1 Å². The summed E-state index contributed by atoms with van der Waals surface area (Å²) in [5.41, 5.74) is 8.62. The monoisotopic (exact) mass is 550 g/mol. The van der Waals surface area contributed by atoms with Crippen LogP contribution in [0, 0.1) is 0 Å². The van der Waals surface area contributed by atoms with E-state index >= 15 is 0 Å². The van der Waals surface area contributed by atoms with Gasteiger partial charge in [-0.05, 0) is 66.0 Å². The normalized spacial score (nSPS) is 11.7. The van der Waals surface area contributed by atoms with Gasteiger partial charge < -0.3 is 13.9 Å². The summed E-state index contributed by atoms with van der Waals surface area (Å²) in [4.78, 5) is 2.38. The quantitative estimate of drug-likeness (QED) is 0.217. The average molecular weight is 551 g/mol. The van der Waals surface area contributed by atoms with Crippen molar-refractivity contribution >= 4 is 71.6 Å². The van der Waals surface area contributed by atoms with Gasteiger partial charge in [0, 0.05) is 38.6 Å². The number of hydrogen-bond donors (Lipinski definition) is 0. The van der Waals surface area contributed by atoms with E-state index in [0.29, 0.717) is 0 Å². The van der Waals surface area contributed by atoms with Crippen molar-refractivity contribution in [3.63, 3.8) is 0 Å². The highest BCUT2D eigenvalue weighted by Crippen LogP contribution is 2.46. The van der Waals surface area contributed by atoms with Crippen LogP contribution in [0.3, 0.4) is 0 Å². The molecule has 0 unspecified atom stereocenters. The van der Waals surface area contributed by atoms with Crippen molar-refractivity contribution in [2.24, 2.45) is 0 Å². The molecular formula is C40H26N2O. The summed E-state index contributed by atoms with van der Waals surface area (Å²) in [6.45, 7) is 0. The van der Waals surface area contributed by atoms with Crippen LogP contribution in [0.2, 0.25) is 0 Å². The Kier molecular flexibility index (Phi) is 5.20. The second kappa shape index (κ2) is 9.37. The zero-order valence-corrected chi connectivity index (χ0v) is 23.3. The molecule has 0 saturated carbocycles. The minimum absolute atomic E-state index is 0.893. The predicted molar refractivity (Wildman–Crippen MR) is 180 cm³/mol. The Bertz CT molecular complexity index is 2450. The van der Waals surface area contributed by atoms with Crippen LogP contribution in [0.4, 0.5) is 17.1 Å². The van der Waals surface area contributed by atoms with E-state index in [-0.39, 0.29) is 0 Å². The van der Waals surface area contributed by atoms with Gasteiger partial charge in [-0.2, -0.15) is 0 Å². The maximum absolute atomic E-state index is 6.58. The number of benzene rings is 7. The van der Waals surface area contributed by atoms with Crippen LogP contribution < -0.4 is 4.90 Å². The lowest BCUT2D eigenvalue weighted by Gasteiger charge is -2.27. The molecule has 202 valence electrons. The van der Waals surface area contributed by atoms with E-state index in [1.807, 2.05) is 6.07 Å². The van der Waals surface area contributed by atoms with Gasteiger partial charge in [-0.3, -0.25) is 0 Å². The van der Waals surface area contributed by atoms with Crippen molar-refractivity contribution in [3.05, 3.63) is 158 Å². The third-order valence-corrected chi connectivity index (χ3v) is 8.53. The molecule has 0 spiro atoms. The molecule has 2 heterocycles. The molecule has 0 amide bonds. The van der Waals surface area contributed by atoms with Crippen LogP contribution in [0.15, 0.2) is 162 Å². The molecule has 2 aromatic heterocycles. The first-order valence-electron chi connectivity index (χ1n) is 14.6. The Morgan fingerprint density at radius 2 is 1.12 bits per heavy atom. The molecule has 0 aliphatic heterocycles. The van der Waals surface area contributed by atoms with Crippen LogP contribution in [-0.4, -0.2) is 4.57 Å². The number of rotatable bonds is 4.